The maximum Gasteiger partial charge on any atom is 0.264 e. The minimum absolute atomic E-state index is 0.00451. The van der Waals surface area contributed by atoms with Crippen LogP contribution in [-0.4, -0.2) is 50.3 Å². The highest BCUT2D eigenvalue weighted by atomic mass is 35.5. The summed E-state index contributed by atoms with van der Waals surface area (Å²) in [7, 11) is -4.22. The first-order valence-electron chi connectivity index (χ1n) is 12.7. The first-order valence-corrected chi connectivity index (χ1v) is 14.9. The number of amides is 2. The van der Waals surface area contributed by atoms with Crippen LogP contribution < -0.4 is 9.62 Å². The molecule has 0 heterocycles. The van der Waals surface area contributed by atoms with Gasteiger partial charge in [0.1, 0.15) is 12.6 Å². The van der Waals surface area contributed by atoms with Crippen LogP contribution in [0.5, 0.6) is 0 Å². The Morgan fingerprint density at radius 2 is 1.51 bits per heavy atom. The average Bonchev–Trinajstić information content (AvgIpc) is 2.94. The third-order valence-electron chi connectivity index (χ3n) is 6.46. The summed E-state index contributed by atoms with van der Waals surface area (Å²) in [6.45, 7) is 5.11. The number of hydrogen-bond acceptors (Lipinski definition) is 4. The molecule has 0 unspecified atom stereocenters. The molecular formula is C29H33Cl2N3O4S. The Labute approximate surface area is 240 Å². The minimum atomic E-state index is -4.22. The van der Waals surface area contributed by atoms with Gasteiger partial charge in [0.05, 0.1) is 20.6 Å². The number of nitrogens with one attached hydrogen (secondary N) is 1. The largest absolute Gasteiger partial charge is 0.352 e. The molecule has 3 rings (SSSR count). The van der Waals surface area contributed by atoms with Crippen molar-refractivity contribution in [3.63, 3.8) is 0 Å². The highest BCUT2D eigenvalue weighted by Crippen LogP contribution is 2.35. The van der Waals surface area contributed by atoms with Crippen molar-refractivity contribution >= 4 is 50.7 Å². The normalized spacial score (nSPS) is 12.8. The standard InChI is InChI=1S/C29H33Cl2N3O4S/c1-4-21(2)32-29(36)22(3)33(19-18-23-12-7-5-8-13-23)27(35)20-34(26-17-11-16-25(30)28(26)31)39(37,38)24-14-9-6-10-15-24/h5-17,21-22H,4,18-20H2,1-3H3,(H,32,36)/t21-,22+/m1/s1. The number of anilines is 1. The Morgan fingerprint density at radius 3 is 2.13 bits per heavy atom. The molecule has 2 amide bonds. The lowest BCUT2D eigenvalue weighted by Gasteiger charge is -2.32. The zero-order valence-corrected chi connectivity index (χ0v) is 24.5. The van der Waals surface area contributed by atoms with Crippen LogP contribution in [-0.2, 0) is 26.0 Å². The second kappa shape index (κ2) is 13.8. The van der Waals surface area contributed by atoms with Gasteiger partial charge in [0.25, 0.3) is 10.0 Å². The number of nitrogens with zero attached hydrogens (tertiary/aromatic N) is 2. The van der Waals surface area contributed by atoms with E-state index in [0.29, 0.717) is 6.42 Å². The molecule has 0 bridgehead atoms. The van der Waals surface area contributed by atoms with Gasteiger partial charge in [-0.05, 0) is 56.5 Å². The average molecular weight is 591 g/mol. The summed E-state index contributed by atoms with van der Waals surface area (Å²) in [4.78, 5) is 28.4. The molecule has 7 nitrogen and oxygen atoms in total. The van der Waals surface area contributed by atoms with Crippen molar-refractivity contribution in [2.24, 2.45) is 0 Å². The van der Waals surface area contributed by atoms with Crippen LogP contribution in [0.4, 0.5) is 5.69 Å². The smallest absolute Gasteiger partial charge is 0.264 e. The minimum Gasteiger partial charge on any atom is -0.352 e. The molecule has 39 heavy (non-hydrogen) atoms. The molecule has 1 N–H and O–H groups in total. The summed E-state index contributed by atoms with van der Waals surface area (Å²) in [5.41, 5.74) is 1.05. The summed E-state index contributed by atoms with van der Waals surface area (Å²) in [5, 5.41) is 3.07. The van der Waals surface area contributed by atoms with Crippen molar-refractivity contribution in [2.75, 3.05) is 17.4 Å². The summed E-state index contributed by atoms with van der Waals surface area (Å²) < 4.78 is 28.5. The van der Waals surface area contributed by atoms with Crippen LogP contribution in [0, 0.1) is 0 Å². The van der Waals surface area contributed by atoms with Gasteiger partial charge in [-0.25, -0.2) is 8.42 Å². The summed E-state index contributed by atoms with van der Waals surface area (Å²) in [5.74, 6) is -0.864. The highest BCUT2D eigenvalue weighted by Gasteiger charge is 2.33. The van der Waals surface area contributed by atoms with Gasteiger partial charge < -0.3 is 10.2 Å². The molecule has 3 aromatic rings. The fraction of sp³-hybridized carbons (Fsp3) is 0.310. The molecule has 0 aliphatic carbocycles. The van der Waals surface area contributed by atoms with Crippen LogP contribution in [0.3, 0.4) is 0 Å². The van der Waals surface area contributed by atoms with E-state index in [1.165, 1.54) is 29.2 Å². The van der Waals surface area contributed by atoms with E-state index >= 15 is 0 Å². The number of halogens is 2. The fourth-order valence-electron chi connectivity index (χ4n) is 3.95. The Kier molecular flexibility index (Phi) is 10.8. The molecule has 2 atom stereocenters. The lowest BCUT2D eigenvalue weighted by Crippen LogP contribution is -2.53. The Balaban J connectivity index is 2.00. The Hall–Kier alpha value is -3.07. The van der Waals surface area contributed by atoms with Gasteiger partial charge in [0.15, 0.2) is 0 Å². The van der Waals surface area contributed by atoms with Crippen molar-refractivity contribution in [3.05, 3.63) is 94.5 Å². The number of hydrogen-bond donors (Lipinski definition) is 1. The van der Waals surface area contributed by atoms with Crippen molar-refractivity contribution in [3.8, 4) is 0 Å². The van der Waals surface area contributed by atoms with Crippen molar-refractivity contribution in [2.45, 2.75) is 50.6 Å². The number of rotatable bonds is 12. The van der Waals surface area contributed by atoms with Crippen LogP contribution in [0.1, 0.15) is 32.8 Å². The molecule has 0 radical (unpaired) electrons. The first kappa shape index (κ1) is 30.5. The van der Waals surface area contributed by atoms with E-state index < -0.39 is 28.5 Å². The number of sulfonamides is 1. The van der Waals surface area contributed by atoms with E-state index in [-0.39, 0.29) is 39.1 Å². The summed E-state index contributed by atoms with van der Waals surface area (Å²) >= 11 is 12.7. The van der Waals surface area contributed by atoms with E-state index in [1.54, 1.807) is 31.2 Å². The molecule has 0 saturated heterocycles. The van der Waals surface area contributed by atoms with Crippen LogP contribution >= 0.6 is 23.2 Å². The van der Waals surface area contributed by atoms with Crippen molar-refractivity contribution in [1.29, 1.82) is 0 Å². The van der Waals surface area contributed by atoms with Crippen LogP contribution in [0.25, 0.3) is 0 Å². The lowest BCUT2D eigenvalue weighted by atomic mass is 10.1. The van der Waals surface area contributed by atoms with Gasteiger partial charge >= 0.3 is 0 Å². The molecule has 208 valence electrons. The quantitative estimate of drug-likeness (QED) is 0.299. The molecule has 0 saturated carbocycles. The second-order valence-corrected chi connectivity index (χ2v) is 11.9. The van der Waals surface area contributed by atoms with E-state index in [4.69, 9.17) is 23.2 Å². The van der Waals surface area contributed by atoms with E-state index in [9.17, 15) is 18.0 Å². The Morgan fingerprint density at radius 1 is 0.897 bits per heavy atom. The topological polar surface area (TPSA) is 86.8 Å². The molecule has 0 aromatic heterocycles. The summed E-state index contributed by atoms with van der Waals surface area (Å²) in [6, 6.07) is 21.0. The highest BCUT2D eigenvalue weighted by molar-refractivity contribution is 7.92. The van der Waals surface area contributed by atoms with E-state index in [0.717, 1.165) is 16.3 Å². The molecule has 3 aromatic carbocycles. The predicted octanol–water partition coefficient (Wildman–Crippen LogP) is 5.56. The molecular weight excluding hydrogens is 557 g/mol. The second-order valence-electron chi connectivity index (χ2n) is 9.21. The fourth-order valence-corrected chi connectivity index (χ4v) is 5.85. The molecule has 0 spiro atoms. The van der Waals surface area contributed by atoms with Gasteiger partial charge in [0.2, 0.25) is 11.8 Å². The molecule has 10 heteroatoms. The Bertz CT molecular complexity index is 1370. The molecule has 0 fully saturated rings. The van der Waals surface area contributed by atoms with E-state index in [2.05, 4.69) is 5.32 Å². The maximum absolute atomic E-state index is 13.9. The number of benzene rings is 3. The lowest BCUT2D eigenvalue weighted by molar-refractivity contribution is -0.139. The SMILES string of the molecule is CC[C@@H](C)NC(=O)[C@H](C)N(CCc1ccccc1)C(=O)CN(c1cccc(Cl)c1Cl)S(=O)(=O)c1ccccc1. The van der Waals surface area contributed by atoms with Gasteiger partial charge in [-0.3, -0.25) is 13.9 Å². The van der Waals surface area contributed by atoms with Crippen molar-refractivity contribution in [1.82, 2.24) is 10.2 Å². The third kappa shape index (κ3) is 7.75. The predicted molar refractivity (Wildman–Crippen MR) is 157 cm³/mol. The molecule has 0 aliphatic rings. The maximum atomic E-state index is 13.9. The van der Waals surface area contributed by atoms with Gasteiger partial charge in [-0.2, -0.15) is 0 Å². The zero-order chi connectivity index (χ0) is 28.6. The van der Waals surface area contributed by atoms with E-state index in [1.807, 2.05) is 44.2 Å². The summed E-state index contributed by atoms with van der Waals surface area (Å²) in [6.07, 6.45) is 1.21. The monoisotopic (exact) mass is 589 g/mol. The van der Waals surface area contributed by atoms with Gasteiger partial charge in [-0.15, -0.1) is 0 Å². The zero-order valence-electron chi connectivity index (χ0n) is 22.2. The van der Waals surface area contributed by atoms with Crippen molar-refractivity contribution < 1.29 is 18.0 Å². The van der Waals surface area contributed by atoms with Crippen LogP contribution in [0.15, 0.2) is 83.8 Å². The first-order chi connectivity index (χ1) is 18.6. The van der Waals surface area contributed by atoms with Crippen LogP contribution in [0.2, 0.25) is 10.0 Å². The van der Waals surface area contributed by atoms with Gasteiger partial charge in [-0.1, -0.05) is 84.7 Å². The number of carbonyl (C=O) groups excluding carboxylic acids is 2. The number of carbonyl (C=O) groups is 2. The third-order valence-corrected chi connectivity index (χ3v) is 9.05. The molecule has 0 aliphatic heterocycles. The van der Waals surface area contributed by atoms with Gasteiger partial charge in [0, 0.05) is 12.6 Å².